The zero-order valence-corrected chi connectivity index (χ0v) is 13.5. The van der Waals surface area contributed by atoms with Gasteiger partial charge in [-0.25, -0.2) is 8.42 Å². The first-order chi connectivity index (χ1) is 9.96. The molecule has 3 rings (SSSR count). The van der Waals surface area contributed by atoms with Crippen molar-refractivity contribution in [3.8, 4) is 0 Å². The summed E-state index contributed by atoms with van der Waals surface area (Å²) in [6.07, 6.45) is -3.23. The van der Waals surface area contributed by atoms with Crippen molar-refractivity contribution in [1.29, 1.82) is 0 Å². The van der Waals surface area contributed by atoms with E-state index in [1.54, 1.807) is 27.7 Å². The molecule has 3 fully saturated rings. The third kappa shape index (κ3) is 3.29. The molecule has 0 radical (unpaired) electrons. The lowest BCUT2D eigenvalue weighted by molar-refractivity contribution is -0.238. The minimum atomic E-state index is -4.82. The van der Waals surface area contributed by atoms with E-state index in [0.717, 1.165) is 0 Å². The predicted octanol–water partition coefficient (Wildman–Crippen LogP) is -0.140. The Bertz CT molecular complexity index is 543. The summed E-state index contributed by atoms with van der Waals surface area (Å²) in [6, 6.07) is 0. The molecule has 0 saturated carbocycles. The Balaban J connectivity index is 1.81. The van der Waals surface area contributed by atoms with Gasteiger partial charge in [0.1, 0.15) is 24.4 Å². The monoisotopic (exact) mass is 339 g/mol. The summed E-state index contributed by atoms with van der Waals surface area (Å²) in [5, 5.41) is 0. The topological polar surface area (TPSA) is 113 Å². The van der Waals surface area contributed by atoms with Gasteiger partial charge in [-0.2, -0.15) is 0 Å². The quantitative estimate of drug-likeness (QED) is 0.512. The van der Waals surface area contributed by atoms with Gasteiger partial charge >= 0.3 is 0 Å². The van der Waals surface area contributed by atoms with Crippen LogP contribution in [0.25, 0.3) is 0 Å². The van der Waals surface area contributed by atoms with Gasteiger partial charge in [0.15, 0.2) is 17.9 Å². The van der Waals surface area contributed by atoms with Crippen molar-refractivity contribution in [3.05, 3.63) is 0 Å². The summed E-state index contributed by atoms with van der Waals surface area (Å²) in [4.78, 5) is 0. The van der Waals surface area contributed by atoms with E-state index in [-0.39, 0.29) is 0 Å². The Kier molecular flexibility index (Phi) is 3.82. The van der Waals surface area contributed by atoms with Crippen LogP contribution in [0.15, 0.2) is 0 Å². The van der Waals surface area contributed by atoms with Gasteiger partial charge in [-0.15, -0.1) is 0 Å². The Hall–Kier alpha value is -0.330. The first-order valence-corrected chi connectivity index (χ1v) is 8.26. The van der Waals surface area contributed by atoms with Crippen LogP contribution >= 0.6 is 0 Å². The average Bonchev–Trinajstić information content (AvgIpc) is 2.79. The Morgan fingerprint density at radius 2 is 1.50 bits per heavy atom. The molecular formula is C12H19O9S-. The lowest BCUT2D eigenvalue weighted by Gasteiger charge is -2.37. The Labute approximate surface area is 128 Å². The zero-order chi connectivity index (χ0) is 16.3. The first-order valence-electron chi connectivity index (χ1n) is 6.93. The van der Waals surface area contributed by atoms with Crippen molar-refractivity contribution in [2.24, 2.45) is 0 Å². The normalized spacial score (nSPS) is 42.9. The molecule has 128 valence electrons. The molecule has 9 nitrogen and oxygen atoms in total. The van der Waals surface area contributed by atoms with E-state index >= 15 is 0 Å². The van der Waals surface area contributed by atoms with Crippen molar-refractivity contribution in [2.75, 3.05) is 6.61 Å². The molecule has 0 spiro atoms. The molecule has 2 unspecified atom stereocenters. The molecule has 10 heteroatoms. The van der Waals surface area contributed by atoms with Crippen molar-refractivity contribution < 1.29 is 40.8 Å². The lowest BCUT2D eigenvalue weighted by atomic mass is 9.99. The van der Waals surface area contributed by atoms with Gasteiger partial charge < -0.3 is 28.2 Å². The van der Waals surface area contributed by atoms with Gasteiger partial charge in [0.2, 0.25) is 10.4 Å². The maximum atomic E-state index is 10.7. The zero-order valence-electron chi connectivity index (χ0n) is 12.7. The smallest absolute Gasteiger partial charge is 0.217 e. The van der Waals surface area contributed by atoms with Gasteiger partial charge in [-0.05, 0) is 27.7 Å². The van der Waals surface area contributed by atoms with E-state index in [4.69, 9.17) is 23.7 Å². The minimum absolute atomic E-state index is 0.473. The van der Waals surface area contributed by atoms with Gasteiger partial charge in [0, 0.05) is 0 Å². The second kappa shape index (κ2) is 5.08. The van der Waals surface area contributed by atoms with Crippen molar-refractivity contribution >= 4 is 10.4 Å². The molecule has 3 aliphatic heterocycles. The van der Waals surface area contributed by atoms with Crippen LogP contribution in [0.3, 0.4) is 0 Å². The van der Waals surface area contributed by atoms with E-state index < -0.39 is 59.3 Å². The van der Waals surface area contributed by atoms with Gasteiger partial charge in [0.05, 0.1) is 6.61 Å². The van der Waals surface area contributed by atoms with Crippen LogP contribution in [0.1, 0.15) is 27.7 Å². The summed E-state index contributed by atoms with van der Waals surface area (Å²) in [5.74, 6) is -1.76. The average molecular weight is 339 g/mol. The molecule has 3 saturated heterocycles. The summed E-state index contributed by atoms with van der Waals surface area (Å²) >= 11 is 0. The predicted molar refractivity (Wildman–Crippen MR) is 68.2 cm³/mol. The second-order valence-corrected chi connectivity index (χ2v) is 7.45. The van der Waals surface area contributed by atoms with E-state index in [9.17, 15) is 13.0 Å². The molecule has 0 aromatic carbocycles. The van der Waals surface area contributed by atoms with Crippen LogP contribution in [-0.2, 0) is 38.3 Å². The summed E-state index contributed by atoms with van der Waals surface area (Å²) in [6.45, 7) is 6.45. The third-order valence-corrected chi connectivity index (χ3v) is 4.05. The van der Waals surface area contributed by atoms with Crippen LogP contribution in [0.2, 0.25) is 0 Å². The SMILES string of the molecule is CC1(C)OC2[C@H](OC(COS(=O)(=O)[O-])[C@@H]3OC(C)(C)O[C@H]23)O1. The van der Waals surface area contributed by atoms with E-state index in [0.29, 0.717) is 0 Å². The van der Waals surface area contributed by atoms with Crippen LogP contribution in [0.4, 0.5) is 0 Å². The number of ether oxygens (including phenoxy) is 5. The minimum Gasteiger partial charge on any atom is -0.726 e. The van der Waals surface area contributed by atoms with E-state index in [2.05, 4.69) is 4.18 Å². The fourth-order valence-electron chi connectivity index (χ4n) is 2.98. The van der Waals surface area contributed by atoms with Gasteiger partial charge in [0.25, 0.3) is 0 Å². The first kappa shape index (κ1) is 16.5. The number of rotatable bonds is 3. The van der Waals surface area contributed by atoms with Gasteiger partial charge in [-0.1, -0.05) is 0 Å². The van der Waals surface area contributed by atoms with E-state index in [1.807, 2.05) is 0 Å². The van der Waals surface area contributed by atoms with E-state index in [1.165, 1.54) is 0 Å². The fraction of sp³-hybridized carbons (Fsp3) is 1.00. The highest BCUT2D eigenvalue weighted by atomic mass is 32.3. The number of fused-ring (bicyclic) bond motifs is 3. The maximum absolute atomic E-state index is 10.7. The third-order valence-electron chi connectivity index (χ3n) is 3.63. The molecule has 0 aromatic rings. The molecule has 0 N–H and O–H groups in total. The number of hydrogen-bond donors (Lipinski definition) is 0. The standard InChI is InChI=1S/C12H20O9S/c1-11(2)18-7-6(5-16-22(13,14)15)17-10-9(8(7)19-11)20-12(3,4)21-10/h6-10H,5H2,1-4H3,(H,13,14,15)/p-1/t6?,7-,8-,9?,10+/m0/s1. The summed E-state index contributed by atoms with van der Waals surface area (Å²) in [7, 11) is -4.82. The lowest BCUT2D eigenvalue weighted by Crippen LogP contribution is -2.56. The summed E-state index contributed by atoms with van der Waals surface area (Å²) in [5.41, 5.74) is 0. The second-order valence-electron chi connectivity index (χ2n) is 6.40. The largest absolute Gasteiger partial charge is 0.726 e. The molecule has 0 aliphatic carbocycles. The molecule has 5 atom stereocenters. The van der Waals surface area contributed by atoms with Crippen molar-refractivity contribution in [1.82, 2.24) is 0 Å². The van der Waals surface area contributed by atoms with Gasteiger partial charge in [-0.3, -0.25) is 4.18 Å². The van der Waals surface area contributed by atoms with Crippen LogP contribution in [0.5, 0.6) is 0 Å². The molecule has 3 aliphatic rings. The van der Waals surface area contributed by atoms with Crippen molar-refractivity contribution in [2.45, 2.75) is 70.0 Å². The van der Waals surface area contributed by atoms with Crippen LogP contribution in [0, 0.1) is 0 Å². The van der Waals surface area contributed by atoms with Crippen LogP contribution < -0.4 is 0 Å². The number of hydrogen-bond acceptors (Lipinski definition) is 9. The molecule has 0 aromatic heterocycles. The highest BCUT2D eigenvalue weighted by Crippen LogP contribution is 2.44. The van der Waals surface area contributed by atoms with Crippen LogP contribution in [-0.4, -0.2) is 61.9 Å². The highest BCUT2D eigenvalue weighted by Gasteiger charge is 2.60. The van der Waals surface area contributed by atoms with Crippen molar-refractivity contribution in [3.63, 3.8) is 0 Å². The Morgan fingerprint density at radius 3 is 2.14 bits per heavy atom. The molecule has 0 bridgehead atoms. The summed E-state index contributed by atoms with van der Waals surface area (Å²) < 4.78 is 65.0. The fourth-order valence-corrected chi connectivity index (χ4v) is 3.28. The molecule has 0 amide bonds. The molecule has 3 heterocycles. The maximum Gasteiger partial charge on any atom is 0.217 e. The molecular weight excluding hydrogens is 320 g/mol. The Morgan fingerprint density at radius 1 is 0.955 bits per heavy atom. The molecule has 22 heavy (non-hydrogen) atoms. The highest BCUT2D eigenvalue weighted by molar-refractivity contribution is 7.80.